The topological polar surface area (TPSA) is 610 Å². The van der Waals surface area contributed by atoms with Gasteiger partial charge in [0.05, 0.1) is 37.3 Å². The molecule has 42 heteroatoms. The van der Waals surface area contributed by atoms with Gasteiger partial charge in [0, 0.05) is 132 Å². The number of pyridine rings is 1. The van der Waals surface area contributed by atoms with Gasteiger partial charge in [0.2, 0.25) is 76.8 Å². The number of unbranched alkanes of at least 4 members (excludes halogenated alkanes) is 5. The van der Waals surface area contributed by atoms with E-state index in [9.17, 15) is 102 Å². The molecule has 4 heterocycles. The van der Waals surface area contributed by atoms with E-state index in [4.69, 9.17) is 16.5 Å². The van der Waals surface area contributed by atoms with Crippen molar-refractivity contribution in [3.63, 3.8) is 0 Å². The Morgan fingerprint density at radius 1 is 0.489 bits per heavy atom. The van der Waals surface area contributed by atoms with Crippen molar-refractivity contribution < 1.29 is 119 Å². The maximum absolute atomic E-state index is 14.6. The number of nitrogens with one attached hydrogen (secondary N) is 12. The molecule has 1 aliphatic heterocycles. The van der Waals surface area contributed by atoms with E-state index >= 15 is 0 Å². The maximum atomic E-state index is 14.6. The number of fused-ring (bicyclic) bond motifs is 2. The number of rotatable bonds is 54. The molecule has 21 N–H and O–H groups in total. The Kier molecular flexibility index (Phi) is 45.7. The molecule has 6 aromatic rings. The Hall–Kier alpha value is -12.8. The first-order chi connectivity index (χ1) is 62.0. The molecule has 0 unspecified atom stereocenters. The van der Waals surface area contributed by atoms with Crippen LogP contribution in [0.2, 0.25) is 0 Å². The largest absolute Gasteiger partial charge is 2.00 e. The number of anilines is 1. The van der Waals surface area contributed by atoms with E-state index in [1.165, 1.54) is 79.3 Å². The smallest absolute Gasteiger partial charge is 0.508 e. The number of nitrogens with two attached hydrogens (primary N) is 2. The van der Waals surface area contributed by atoms with Crippen molar-refractivity contribution >= 4 is 112 Å². The monoisotopic (exact) mass is 1890 g/mol. The van der Waals surface area contributed by atoms with Crippen molar-refractivity contribution in [3.05, 3.63) is 160 Å². The predicted octanol–water partition coefficient (Wildman–Crippen LogP) is 1.21. The third-order valence-electron chi connectivity index (χ3n) is 21.3. The summed E-state index contributed by atoms with van der Waals surface area (Å²) >= 11 is 1.34. The van der Waals surface area contributed by atoms with Crippen LogP contribution in [0.15, 0.2) is 121 Å². The summed E-state index contributed by atoms with van der Waals surface area (Å²) < 4.78 is 0. The Morgan fingerprint density at radius 3 is 1.60 bits per heavy atom. The number of phenolic OH excluding ortho intramolecular Hbond substituents is 2. The molecule has 0 saturated carbocycles. The quantitative estimate of drug-likeness (QED) is 0.0188. The van der Waals surface area contributed by atoms with Crippen molar-refractivity contribution in [2.45, 2.75) is 217 Å². The zero-order valence-corrected chi connectivity index (χ0v) is 75.5. The third-order valence-corrected chi connectivity index (χ3v) is 22.2. The van der Waals surface area contributed by atoms with E-state index < -0.39 is 162 Å². The van der Waals surface area contributed by atoms with Gasteiger partial charge in [0.1, 0.15) is 59.8 Å². The van der Waals surface area contributed by atoms with Crippen molar-refractivity contribution in [2.75, 3.05) is 57.7 Å². The molecule has 2 bridgehead atoms. The Bertz CT molecular complexity index is 4760. The summed E-state index contributed by atoms with van der Waals surface area (Å²) in [5.74, 6) is -13.5. The fraction of sp³-hybridized carbons (Fsp3) is 0.483. The number of benzene rings is 3. The molecule has 131 heavy (non-hydrogen) atoms. The fourth-order valence-electron chi connectivity index (χ4n) is 14.3. The average Bonchev–Trinajstić information content (AvgIpc) is 1.75. The number of carbonyl (C=O) groups excluding carboxylic acids is 13. The molecule has 3 aromatic carbocycles. The summed E-state index contributed by atoms with van der Waals surface area (Å²) in [6.07, 6.45) is 5.58. The molecular formula is C89H121CuN19O21S+2. The molecule has 0 aliphatic carbocycles. The number of primary amides is 2. The van der Waals surface area contributed by atoms with Crippen LogP contribution in [-0.4, -0.2) is 257 Å². The van der Waals surface area contributed by atoms with Crippen LogP contribution in [0.4, 0.5) is 5.69 Å². The van der Waals surface area contributed by atoms with Gasteiger partial charge in [0.15, 0.2) is 0 Å². The number of aliphatic carboxylic acids is 3. The second kappa shape index (κ2) is 56.0. The number of carboxylic acids is 3. The van der Waals surface area contributed by atoms with Gasteiger partial charge in [-0.2, -0.15) is 0 Å². The molecule has 9 atom stereocenters. The van der Waals surface area contributed by atoms with Crippen LogP contribution in [-0.2, 0) is 139 Å². The van der Waals surface area contributed by atoms with Crippen LogP contribution in [0, 0.1) is 5.92 Å². The van der Waals surface area contributed by atoms with Crippen LogP contribution < -0.4 is 70.0 Å². The number of hydrogen-bond donors (Lipinski definition) is 19. The first-order valence-electron chi connectivity index (χ1n) is 43.3. The molecule has 1 aliphatic rings. The molecule has 40 nitrogen and oxygen atoms in total. The van der Waals surface area contributed by atoms with Crippen molar-refractivity contribution in [3.8, 4) is 11.5 Å². The zero-order chi connectivity index (χ0) is 94.8. The number of aromatic hydroxyl groups is 2. The normalized spacial score (nSPS) is 14.8. The summed E-state index contributed by atoms with van der Waals surface area (Å²) in [6.45, 7) is 6.20. The number of aromatic amines is 1. The summed E-state index contributed by atoms with van der Waals surface area (Å²) in [6, 6.07) is 15.9. The van der Waals surface area contributed by atoms with Gasteiger partial charge in [0.25, 0.3) is 0 Å². The van der Waals surface area contributed by atoms with Crippen LogP contribution in [0.1, 0.15) is 156 Å². The average molecular weight is 1890 g/mol. The van der Waals surface area contributed by atoms with Gasteiger partial charge in [-0.1, -0.05) is 101 Å². The zero-order valence-electron chi connectivity index (χ0n) is 73.7. The van der Waals surface area contributed by atoms with E-state index in [1.54, 1.807) is 88.5 Å². The van der Waals surface area contributed by atoms with Gasteiger partial charge in [-0.3, -0.25) is 96.4 Å². The number of H-pyrrole nitrogens is 1. The van der Waals surface area contributed by atoms with Crippen molar-refractivity contribution in [1.82, 2.24) is 82.8 Å². The summed E-state index contributed by atoms with van der Waals surface area (Å²) in [4.78, 5) is 231. The second-order valence-corrected chi connectivity index (χ2v) is 33.5. The Balaban J connectivity index is 0.0000264. The van der Waals surface area contributed by atoms with Crippen molar-refractivity contribution in [1.29, 1.82) is 0 Å². The summed E-state index contributed by atoms with van der Waals surface area (Å²) in [7, 11) is 0. The van der Waals surface area contributed by atoms with Gasteiger partial charge in [-0.05, 0) is 122 Å². The van der Waals surface area contributed by atoms with E-state index in [0.717, 1.165) is 16.9 Å². The van der Waals surface area contributed by atoms with Crippen LogP contribution in [0.5, 0.6) is 11.5 Å². The molecule has 7 rings (SSSR count). The minimum atomic E-state index is -1.58. The number of thiophene rings is 1. The first-order valence-corrected chi connectivity index (χ1v) is 44.2. The van der Waals surface area contributed by atoms with E-state index in [1.807, 2.05) is 6.92 Å². The molecule has 1 radical (unpaired) electrons. The van der Waals surface area contributed by atoms with Crippen LogP contribution in [0.3, 0.4) is 0 Å². The Labute approximate surface area is 773 Å². The van der Waals surface area contributed by atoms with Crippen LogP contribution >= 0.6 is 11.3 Å². The molecule has 0 fully saturated rings. The molecule has 0 spiro atoms. The predicted molar refractivity (Wildman–Crippen MR) is 476 cm³/mol. The maximum Gasteiger partial charge on any atom is 2.00 e. The minimum Gasteiger partial charge on any atom is -0.508 e. The van der Waals surface area contributed by atoms with Gasteiger partial charge >= 0.3 is 35.0 Å². The van der Waals surface area contributed by atoms with Gasteiger partial charge < -0.3 is 100 Å². The van der Waals surface area contributed by atoms with Crippen molar-refractivity contribution in [2.24, 2.45) is 17.4 Å². The number of phenols is 2. The van der Waals surface area contributed by atoms with Crippen LogP contribution in [0.25, 0.3) is 0 Å². The number of hydrogen-bond acceptors (Lipinski definition) is 24. The number of nitrogens with zero attached hydrogens (tertiary/aromatic N) is 5. The first kappa shape index (κ1) is 107. The summed E-state index contributed by atoms with van der Waals surface area (Å²) in [5.41, 5.74) is 14.8. The van der Waals surface area contributed by atoms with Gasteiger partial charge in [-0.25, -0.2) is 4.98 Å². The number of carbonyl (C=O) groups is 16. The number of amides is 13. The van der Waals surface area contributed by atoms with E-state index in [-0.39, 0.29) is 158 Å². The number of carboxylic acid groups (broad SMARTS) is 3. The number of aromatic nitrogens is 3. The fourth-order valence-corrected chi connectivity index (χ4v) is 15.1. The SMILES string of the molecule is CCCC[C@H](NC(=O)[C@H](Cc1cccs1)NC(=O)[C@H](Cc1cnc[nH]1)NC(=O)CCNC(=O)[C@@H](NC(=O)[C@H](C)NC(=O)[C@H](Cc1ccc(O)cc1)NC(=O)[C@H](CCC(N)=O)NC(=O)[C@@H](Cc1ccc(O)cc1)NC(=O)CCCCCCCNC(=O)CCC(=O)Nc1ccc(C[C@H]2CN(CC(=O)O)CCN(CC(=O)O)Cc3cccc(n3)CN2CC(=O)O)cc1)C(C)C)C(N)=O.[64Cu+2]. The molecule has 3 aromatic heterocycles. The second-order valence-electron chi connectivity index (χ2n) is 32.5. The molecular weight excluding hydrogens is 1770 g/mol. The minimum absolute atomic E-state index is 0. The standard InChI is InChI=1S/C89H121N19O21S.Cu/c1-5-6-17-67(82(91)122)101-88(128)72(45-66-16-13-40-130-66)104-87(127)71(44-62-46-92-53-95-62)100-77(115)35-37-94-89(129)81(54(2)3)105-83(123)55(4)96-85(125)70(43-58-23-29-65(110)30-24-58)103-84(124)68(31-32-73(90)111)102-86(126)69(42-57-21-27-64(109)28-22-57)99-75(113)18-10-8-7-9-11-36-93-74(112)33-34-76(114)98-59-25-19-56(20-26-59)41-63-49-107(51-79(118)119)39-38-106(50-78(116)117)47-60-14-12-15-61(97-60)48-108(63)52-80(120)121;/h12-16,19-30,40,46,53-55,63,67-72,81,109-110H,5-11,17-18,31-39,41-45,47-52H2,1-4H3,(H2,90,111)(H2,91,122)(H,92,95)(H,93,112)(H,94,129)(H,96,125)(H,98,114)(H,99,113)(H,100,115)(H,101,128)(H,102,126)(H,103,124)(H,104,127)(H,105,123)(H,116,117)(H,118,119)(H,120,121);/q;+2/t55-,63-,67-,68-,69+,70-,71-,72-,81-;/m0./s1/i;1+0. The molecule has 0 saturated heterocycles. The molecule has 13 amide bonds. The summed E-state index contributed by atoms with van der Waals surface area (Å²) in [5, 5.41) is 81.0. The van der Waals surface area contributed by atoms with E-state index in [2.05, 4.69) is 68.5 Å². The Morgan fingerprint density at radius 2 is 1.02 bits per heavy atom. The molecule has 713 valence electrons. The van der Waals surface area contributed by atoms with Gasteiger partial charge in [-0.15, -0.1) is 11.3 Å². The number of imidazole rings is 1. The third kappa shape index (κ3) is 40.0. The van der Waals surface area contributed by atoms with E-state index in [0.29, 0.717) is 79.0 Å².